The van der Waals surface area contributed by atoms with Crippen LogP contribution in [-0.2, 0) is 6.29 Å². The van der Waals surface area contributed by atoms with Crippen LogP contribution in [0, 0.1) is 13.8 Å². The summed E-state index contributed by atoms with van der Waals surface area (Å²) < 4.78 is 1.95. The standard InChI is InChI=1S/C14H15N4P/c1-9-7-15-14(16-10(9)2)13-11-5-3-4-6-12(11)18(8-19)17-13/h3-7H,8,19H2,1-2H3. The minimum atomic E-state index is 0.691. The molecule has 1 unspecified atom stereocenters. The zero-order valence-corrected chi connectivity index (χ0v) is 12.1. The first kappa shape index (κ1) is 12.2. The lowest BCUT2D eigenvalue weighted by molar-refractivity contribution is 0.780. The van der Waals surface area contributed by atoms with Gasteiger partial charge in [0.2, 0.25) is 0 Å². The molecule has 1 atom stereocenters. The molecule has 0 aliphatic heterocycles. The summed E-state index contributed by atoms with van der Waals surface area (Å²) in [5, 5.41) is 5.71. The summed E-state index contributed by atoms with van der Waals surface area (Å²) in [4.78, 5) is 8.96. The fourth-order valence-electron chi connectivity index (χ4n) is 2.07. The Hall–Kier alpha value is -1.80. The average molecular weight is 270 g/mol. The van der Waals surface area contributed by atoms with E-state index < -0.39 is 0 Å². The maximum Gasteiger partial charge on any atom is 0.180 e. The van der Waals surface area contributed by atoms with E-state index in [9.17, 15) is 0 Å². The first-order chi connectivity index (χ1) is 9.20. The minimum absolute atomic E-state index is 0.691. The number of rotatable bonds is 2. The summed E-state index contributed by atoms with van der Waals surface area (Å²) in [5.74, 6) is 0.691. The van der Waals surface area contributed by atoms with Crippen LogP contribution < -0.4 is 0 Å². The zero-order chi connectivity index (χ0) is 13.4. The Morgan fingerprint density at radius 2 is 2.00 bits per heavy atom. The predicted molar refractivity (Wildman–Crippen MR) is 79.9 cm³/mol. The van der Waals surface area contributed by atoms with Crippen molar-refractivity contribution < 1.29 is 0 Å². The molecular formula is C14H15N4P. The maximum atomic E-state index is 4.62. The minimum Gasteiger partial charge on any atom is -0.260 e. The van der Waals surface area contributed by atoms with E-state index in [0.717, 1.165) is 34.1 Å². The second-order valence-electron chi connectivity index (χ2n) is 4.51. The van der Waals surface area contributed by atoms with Crippen LogP contribution in [0.1, 0.15) is 11.3 Å². The summed E-state index contributed by atoms with van der Waals surface area (Å²) in [6.45, 7) is 4.01. The van der Waals surface area contributed by atoms with Crippen molar-refractivity contribution in [1.82, 2.24) is 19.7 Å². The lowest BCUT2D eigenvalue weighted by Crippen LogP contribution is -1.97. The van der Waals surface area contributed by atoms with Crippen LogP contribution in [0.4, 0.5) is 0 Å². The normalized spacial score (nSPS) is 11.1. The van der Waals surface area contributed by atoms with Gasteiger partial charge in [0.1, 0.15) is 5.69 Å². The highest BCUT2D eigenvalue weighted by molar-refractivity contribution is 7.15. The molecule has 3 rings (SSSR count). The molecule has 2 aromatic heterocycles. The van der Waals surface area contributed by atoms with Crippen LogP contribution >= 0.6 is 9.24 Å². The number of aryl methyl sites for hydroxylation is 2. The fraction of sp³-hybridized carbons (Fsp3) is 0.214. The first-order valence-corrected chi connectivity index (χ1v) is 6.98. The second kappa shape index (κ2) is 4.71. The quantitative estimate of drug-likeness (QED) is 0.672. The van der Waals surface area contributed by atoms with E-state index in [-0.39, 0.29) is 0 Å². The van der Waals surface area contributed by atoms with Crippen molar-refractivity contribution in [1.29, 1.82) is 0 Å². The van der Waals surface area contributed by atoms with E-state index in [4.69, 9.17) is 0 Å². The summed E-state index contributed by atoms with van der Waals surface area (Å²) in [7, 11) is 2.69. The van der Waals surface area contributed by atoms with Gasteiger partial charge in [-0.2, -0.15) is 5.10 Å². The molecule has 0 saturated carbocycles. The largest absolute Gasteiger partial charge is 0.260 e. The maximum absolute atomic E-state index is 4.62. The van der Waals surface area contributed by atoms with E-state index in [1.165, 1.54) is 0 Å². The monoisotopic (exact) mass is 270 g/mol. The Morgan fingerprint density at radius 1 is 1.21 bits per heavy atom. The molecule has 96 valence electrons. The summed E-state index contributed by atoms with van der Waals surface area (Å²) >= 11 is 0. The molecule has 0 spiro atoms. The number of nitrogens with zero attached hydrogens (tertiary/aromatic N) is 4. The van der Waals surface area contributed by atoms with E-state index in [2.05, 4.69) is 36.4 Å². The Balaban J connectivity index is 2.27. The molecule has 0 radical (unpaired) electrons. The highest BCUT2D eigenvalue weighted by atomic mass is 31.0. The smallest absolute Gasteiger partial charge is 0.180 e. The molecule has 2 heterocycles. The summed E-state index contributed by atoms with van der Waals surface area (Å²) in [6, 6.07) is 8.16. The van der Waals surface area contributed by atoms with Crippen LogP contribution in [0.2, 0.25) is 0 Å². The number of para-hydroxylation sites is 1. The number of hydrogen-bond acceptors (Lipinski definition) is 3. The Kier molecular flexibility index (Phi) is 3.03. The molecule has 1 aromatic carbocycles. The fourth-order valence-corrected chi connectivity index (χ4v) is 2.35. The van der Waals surface area contributed by atoms with Crippen LogP contribution in [-0.4, -0.2) is 19.7 Å². The number of fused-ring (bicyclic) bond motifs is 1. The highest BCUT2D eigenvalue weighted by Crippen LogP contribution is 2.26. The number of aromatic nitrogens is 4. The first-order valence-electron chi connectivity index (χ1n) is 6.17. The van der Waals surface area contributed by atoms with E-state index >= 15 is 0 Å². The molecule has 3 aromatic rings. The molecule has 0 bridgehead atoms. The van der Waals surface area contributed by atoms with Crippen LogP contribution in [0.3, 0.4) is 0 Å². The Labute approximate surface area is 114 Å². The Bertz CT molecular complexity index is 748. The summed E-state index contributed by atoms with van der Waals surface area (Å²) in [5.41, 5.74) is 4.04. The van der Waals surface area contributed by atoms with Gasteiger partial charge in [-0.25, -0.2) is 9.97 Å². The van der Waals surface area contributed by atoms with Crippen molar-refractivity contribution in [3.63, 3.8) is 0 Å². The molecular weight excluding hydrogens is 255 g/mol. The summed E-state index contributed by atoms with van der Waals surface area (Å²) in [6.07, 6.45) is 2.61. The molecule has 4 nitrogen and oxygen atoms in total. The van der Waals surface area contributed by atoms with E-state index in [1.807, 2.05) is 36.9 Å². The third kappa shape index (κ3) is 2.02. The van der Waals surface area contributed by atoms with Crippen LogP contribution in [0.5, 0.6) is 0 Å². The predicted octanol–water partition coefficient (Wildman–Crippen LogP) is 2.94. The van der Waals surface area contributed by atoms with Gasteiger partial charge in [-0.3, -0.25) is 4.68 Å². The molecule has 19 heavy (non-hydrogen) atoms. The van der Waals surface area contributed by atoms with Gasteiger partial charge in [0.15, 0.2) is 5.82 Å². The zero-order valence-electron chi connectivity index (χ0n) is 11.0. The van der Waals surface area contributed by atoms with Crippen LogP contribution in [0.25, 0.3) is 22.4 Å². The lowest BCUT2D eigenvalue weighted by Gasteiger charge is -2.01. The van der Waals surface area contributed by atoms with Crippen molar-refractivity contribution in [2.75, 3.05) is 0 Å². The molecule has 0 aliphatic carbocycles. The van der Waals surface area contributed by atoms with Crippen molar-refractivity contribution in [3.8, 4) is 11.5 Å². The molecule has 0 aliphatic rings. The van der Waals surface area contributed by atoms with Crippen molar-refractivity contribution in [2.45, 2.75) is 20.1 Å². The van der Waals surface area contributed by atoms with E-state index in [1.54, 1.807) is 0 Å². The van der Waals surface area contributed by atoms with Crippen LogP contribution in [0.15, 0.2) is 30.5 Å². The highest BCUT2D eigenvalue weighted by Gasteiger charge is 2.13. The second-order valence-corrected chi connectivity index (χ2v) is 4.88. The van der Waals surface area contributed by atoms with Crippen molar-refractivity contribution in [3.05, 3.63) is 41.7 Å². The molecule has 0 N–H and O–H groups in total. The van der Waals surface area contributed by atoms with Gasteiger partial charge >= 0.3 is 0 Å². The number of benzene rings is 1. The van der Waals surface area contributed by atoms with Gasteiger partial charge in [-0.15, -0.1) is 9.24 Å². The molecule has 0 amide bonds. The molecule has 5 heteroatoms. The lowest BCUT2D eigenvalue weighted by atomic mass is 10.2. The number of hydrogen-bond donors (Lipinski definition) is 0. The van der Waals surface area contributed by atoms with E-state index in [0.29, 0.717) is 5.82 Å². The average Bonchev–Trinajstić information content (AvgIpc) is 2.81. The molecule has 0 fully saturated rings. The van der Waals surface area contributed by atoms with Gasteiger partial charge in [0, 0.05) is 17.3 Å². The van der Waals surface area contributed by atoms with Crippen molar-refractivity contribution in [2.24, 2.45) is 0 Å². The van der Waals surface area contributed by atoms with Gasteiger partial charge in [0.05, 0.1) is 11.8 Å². The van der Waals surface area contributed by atoms with Gasteiger partial charge in [-0.05, 0) is 25.5 Å². The van der Waals surface area contributed by atoms with Gasteiger partial charge in [-0.1, -0.05) is 18.2 Å². The van der Waals surface area contributed by atoms with Crippen molar-refractivity contribution >= 4 is 20.1 Å². The Morgan fingerprint density at radius 3 is 2.74 bits per heavy atom. The van der Waals surface area contributed by atoms with Gasteiger partial charge < -0.3 is 0 Å². The third-order valence-corrected chi connectivity index (χ3v) is 3.61. The molecule has 0 saturated heterocycles. The third-order valence-electron chi connectivity index (χ3n) is 3.27. The SMILES string of the molecule is Cc1cnc(-c2nn(CP)c3ccccc23)nc1C. The van der Waals surface area contributed by atoms with Gasteiger partial charge in [0.25, 0.3) is 0 Å². The topological polar surface area (TPSA) is 43.6 Å².